The zero-order valence-electron chi connectivity index (χ0n) is 13.0. The maximum absolute atomic E-state index is 12.5. The minimum atomic E-state index is -0.340. The average Bonchev–Trinajstić information content (AvgIpc) is 2.51. The first-order chi connectivity index (χ1) is 10.5. The number of amides is 2. The van der Waals surface area contributed by atoms with Crippen LogP contribution in [-0.4, -0.2) is 48.9 Å². The van der Waals surface area contributed by atoms with Gasteiger partial charge in [0.1, 0.15) is 0 Å². The summed E-state index contributed by atoms with van der Waals surface area (Å²) in [5.74, 6) is -0.666. The molecule has 0 fully saturated rings. The van der Waals surface area contributed by atoms with Crippen LogP contribution in [0.5, 0.6) is 0 Å². The normalized spacial score (nSPS) is 9.91. The quantitative estimate of drug-likeness (QED) is 0.733. The van der Waals surface area contributed by atoms with E-state index in [2.05, 4.69) is 5.32 Å². The molecule has 0 saturated heterocycles. The Kier molecular flexibility index (Phi) is 7.67. The van der Waals surface area contributed by atoms with E-state index in [1.54, 1.807) is 36.1 Å². The van der Waals surface area contributed by atoms with E-state index in [1.807, 2.05) is 6.07 Å². The third-order valence-electron chi connectivity index (χ3n) is 2.95. The Balaban J connectivity index is 2.66. The van der Waals surface area contributed by atoms with Crippen molar-refractivity contribution in [3.63, 3.8) is 0 Å². The molecule has 0 aliphatic carbocycles. The Morgan fingerprint density at radius 1 is 1.14 bits per heavy atom. The number of esters is 1. The fourth-order valence-corrected chi connectivity index (χ4v) is 1.90. The van der Waals surface area contributed by atoms with E-state index >= 15 is 0 Å². The number of hydrogen-bond donors (Lipinski definition) is 1. The number of benzene rings is 1. The number of ether oxygens (including phenoxy) is 1. The van der Waals surface area contributed by atoms with E-state index in [0.717, 1.165) is 0 Å². The SMILES string of the molecule is CCOC(=O)CCN(CCNC(C)=O)C(=O)c1ccccc1. The summed E-state index contributed by atoms with van der Waals surface area (Å²) in [4.78, 5) is 36.4. The maximum atomic E-state index is 12.5. The molecule has 6 nitrogen and oxygen atoms in total. The van der Waals surface area contributed by atoms with Crippen LogP contribution < -0.4 is 5.32 Å². The molecule has 0 radical (unpaired) electrons. The van der Waals surface area contributed by atoms with Crippen molar-refractivity contribution < 1.29 is 19.1 Å². The molecule has 0 unspecified atom stereocenters. The largest absolute Gasteiger partial charge is 0.466 e. The minimum absolute atomic E-state index is 0.131. The van der Waals surface area contributed by atoms with Crippen LogP contribution in [0.3, 0.4) is 0 Å². The Labute approximate surface area is 130 Å². The Morgan fingerprint density at radius 3 is 2.41 bits per heavy atom. The maximum Gasteiger partial charge on any atom is 0.307 e. The van der Waals surface area contributed by atoms with Crippen LogP contribution in [0.15, 0.2) is 30.3 Å². The lowest BCUT2D eigenvalue weighted by Crippen LogP contribution is -2.39. The van der Waals surface area contributed by atoms with E-state index in [0.29, 0.717) is 25.3 Å². The van der Waals surface area contributed by atoms with Crippen molar-refractivity contribution >= 4 is 17.8 Å². The van der Waals surface area contributed by atoms with Crippen LogP contribution in [0.4, 0.5) is 0 Å². The molecular weight excluding hydrogens is 284 g/mol. The van der Waals surface area contributed by atoms with Crippen LogP contribution in [0, 0.1) is 0 Å². The first kappa shape index (κ1) is 17.7. The highest BCUT2D eigenvalue weighted by molar-refractivity contribution is 5.94. The second kappa shape index (κ2) is 9.55. The Bertz CT molecular complexity index is 502. The van der Waals surface area contributed by atoms with Crippen LogP contribution in [-0.2, 0) is 14.3 Å². The van der Waals surface area contributed by atoms with Gasteiger partial charge in [0, 0.05) is 32.1 Å². The third-order valence-corrected chi connectivity index (χ3v) is 2.95. The van der Waals surface area contributed by atoms with Gasteiger partial charge in [-0.25, -0.2) is 0 Å². The molecule has 0 saturated carbocycles. The molecule has 0 bridgehead atoms. The first-order valence-electron chi connectivity index (χ1n) is 7.29. The second-order valence-corrected chi connectivity index (χ2v) is 4.70. The highest BCUT2D eigenvalue weighted by Gasteiger charge is 2.17. The van der Waals surface area contributed by atoms with Crippen LogP contribution in [0.2, 0.25) is 0 Å². The van der Waals surface area contributed by atoms with Gasteiger partial charge in [-0.2, -0.15) is 0 Å². The van der Waals surface area contributed by atoms with Crippen LogP contribution in [0.1, 0.15) is 30.6 Å². The molecule has 0 heterocycles. The molecule has 0 atom stereocenters. The van der Waals surface area contributed by atoms with Gasteiger partial charge in [-0.15, -0.1) is 0 Å². The molecule has 120 valence electrons. The minimum Gasteiger partial charge on any atom is -0.466 e. The molecular formula is C16H22N2O4. The number of carbonyl (C=O) groups is 3. The summed E-state index contributed by atoms with van der Waals surface area (Å²) >= 11 is 0. The predicted molar refractivity (Wildman–Crippen MR) is 82.3 cm³/mol. The molecule has 1 N–H and O–H groups in total. The van der Waals surface area contributed by atoms with Gasteiger partial charge in [0.15, 0.2) is 0 Å². The fraction of sp³-hybridized carbons (Fsp3) is 0.438. The summed E-state index contributed by atoms with van der Waals surface area (Å²) in [6, 6.07) is 8.84. The molecule has 6 heteroatoms. The summed E-state index contributed by atoms with van der Waals surface area (Å²) in [6.45, 7) is 4.41. The van der Waals surface area contributed by atoms with Gasteiger partial charge in [-0.05, 0) is 19.1 Å². The summed E-state index contributed by atoms with van der Waals surface area (Å²) < 4.78 is 4.87. The molecule has 22 heavy (non-hydrogen) atoms. The predicted octanol–water partition coefficient (Wildman–Crippen LogP) is 1.22. The van der Waals surface area contributed by atoms with Gasteiger partial charge in [-0.3, -0.25) is 14.4 Å². The summed E-state index contributed by atoms with van der Waals surface area (Å²) in [5, 5.41) is 2.65. The van der Waals surface area contributed by atoms with Gasteiger partial charge >= 0.3 is 5.97 Å². The lowest BCUT2D eigenvalue weighted by atomic mass is 10.2. The van der Waals surface area contributed by atoms with Gasteiger partial charge in [0.2, 0.25) is 5.91 Å². The highest BCUT2D eigenvalue weighted by atomic mass is 16.5. The van der Waals surface area contributed by atoms with Gasteiger partial charge in [0.25, 0.3) is 5.91 Å². The van der Waals surface area contributed by atoms with Gasteiger partial charge in [0.05, 0.1) is 13.0 Å². The van der Waals surface area contributed by atoms with Gasteiger partial charge < -0.3 is 15.0 Å². The van der Waals surface area contributed by atoms with Crippen molar-refractivity contribution in [2.24, 2.45) is 0 Å². The molecule has 0 aliphatic heterocycles. The van der Waals surface area contributed by atoms with E-state index in [4.69, 9.17) is 4.74 Å². The molecule has 1 aromatic rings. The fourth-order valence-electron chi connectivity index (χ4n) is 1.90. The number of rotatable bonds is 8. The number of carbonyl (C=O) groups excluding carboxylic acids is 3. The van der Waals surface area contributed by atoms with E-state index < -0.39 is 0 Å². The molecule has 0 aromatic heterocycles. The van der Waals surface area contributed by atoms with Crippen molar-refractivity contribution in [1.82, 2.24) is 10.2 Å². The summed E-state index contributed by atoms with van der Waals surface area (Å²) in [5.41, 5.74) is 0.550. The standard InChI is InChI=1S/C16H22N2O4/c1-3-22-15(20)9-11-18(12-10-17-13(2)19)16(21)14-7-5-4-6-8-14/h4-8H,3,9-12H2,1-2H3,(H,17,19). The molecule has 2 amide bonds. The van der Waals surface area contributed by atoms with Crippen LogP contribution in [0.25, 0.3) is 0 Å². The molecule has 0 spiro atoms. The zero-order chi connectivity index (χ0) is 16.4. The summed E-state index contributed by atoms with van der Waals surface area (Å²) in [6.07, 6.45) is 0.131. The first-order valence-corrected chi connectivity index (χ1v) is 7.29. The topological polar surface area (TPSA) is 75.7 Å². The second-order valence-electron chi connectivity index (χ2n) is 4.70. The number of hydrogen-bond acceptors (Lipinski definition) is 4. The van der Waals surface area contributed by atoms with E-state index in [9.17, 15) is 14.4 Å². The van der Waals surface area contributed by atoms with Crippen molar-refractivity contribution in [1.29, 1.82) is 0 Å². The third kappa shape index (κ3) is 6.39. The number of nitrogens with zero attached hydrogens (tertiary/aromatic N) is 1. The van der Waals surface area contributed by atoms with Crippen molar-refractivity contribution in [2.45, 2.75) is 20.3 Å². The zero-order valence-corrected chi connectivity index (χ0v) is 13.0. The van der Waals surface area contributed by atoms with Crippen molar-refractivity contribution in [3.05, 3.63) is 35.9 Å². The smallest absolute Gasteiger partial charge is 0.307 e. The lowest BCUT2D eigenvalue weighted by Gasteiger charge is -2.22. The Hall–Kier alpha value is -2.37. The molecule has 1 aromatic carbocycles. The highest BCUT2D eigenvalue weighted by Crippen LogP contribution is 2.05. The monoisotopic (exact) mass is 306 g/mol. The van der Waals surface area contributed by atoms with Gasteiger partial charge in [-0.1, -0.05) is 18.2 Å². The summed E-state index contributed by atoms with van der Waals surface area (Å²) in [7, 11) is 0. The van der Waals surface area contributed by atoms with Crippen molar-refractivity contribution in [2.75, 3.05) is 26.2 Å². The lowest BCUT2D eigenvalue weighted by molar-refractivity contribution is -0.143. The molecule has 0 aliphatic rings. The Morgan fingerprint density at radius 2 is 1.82 bits per heavy atom. The van der Waals surface area contributed by atoms with Crippen molar-refractivity contribution in [3.8, 4) is 0 Å². The van der Waals surface area contributed by atoms with Crippen LogP contribution >= 0.6 is 0 Å². The molecule has 1 rings (SSSR count). The van der Waals surface area contributed by atoms with E-state index in [1.165, 1.54) is 6.92 Å². The number of nitrogens with one attached hydrogen (secondary N) is 1. The van der Waals surface area contributed by atoms with E-state index in [-0.39, 0.29) is 30.7 Å². The average molecular weight is 306 g/mol.